The van der Waals surface area contributed by atoms with E-state index in [4.69, 9.17) is 32.7 Å². The van der Waals surface area contributed by atoms with Gasteiger partial charge in [-0.2, -0.15) is 0 Å². The maximum Gasteiger partial charge on any atom is 0.190 e. The lowest BCUT2D eigenvalue weighted by atomic mass is 9.56. The van der Waals surface area contributed by atoms with Gasteiger partial charge in [-0.05, 0) is 46.0 Å². The molecule has 1 spiro atoms. The van der Waals surface area contributed by atoms with Crippen molar-refractivity contribution in [2.75, 3.05) is 0 Å². The van der Waals surface area contributed by atoms with Crippen LogP contribution < -0.4 is 9.47 Å². The van der Waals surface area contributed by atoms with Gasteiger partial charge in [-0.3, -0.25) is 0 Å². The number of allylic oxidation sites excluding steroid dienone is 4. The molecule has 4 aliphatic rings. The molecule has 4 aromatic rings. The number of rotatable bonds is 0. The Labute approximate surface area is 219 Å². The molecule has 8 rings (SSSR count). The van der Waals surface area contributed by atoms with E-state index in [1.165, 1.54) is 22.3 Å². The molecule has 2 nitrogen and oxygen atoms in total. The minimum atomic E-state index is -0.377. The van der Waals surface area contributed by atoms with Crippen molar-refractivity contribution in [3.05, 3.63) is 129 Å². The van der Waals surface area contributed by atoms with Gasteiger partial charge in [0.2, 0.25) is 0 Å². The Bertz CT molecular complexity index is 1700. The summed E-state index contributed by atoms with van der Waals surface area (Å²) in [5, 5.41) is 0.939. The van der Waals surface area contributed by atoms with Crippen LogP contribution in [0.15, 0.2) is 97.1 Å². The van der Waals surface area contributed by atoms with Gasteiger partial charge in [0.15, 0.2) is 23.0 Å². The molecule has 3 aliphatic carbocycles. The van der Waals surface area contributed by atoms with Gasteiger partial charge in [-0.15, -0.1) is 0 Å². The summed E-state index contributed by atoms with van der Waals surface area (Å²) in [6, 6.07) is 25.3. The summed E-state index contributed by atoms with van der Waals surface area (Å²) in [4.78, 5) is 0. The van der Waals surface area contributed by atoms with Crippen LogP contribution in [0.4, 0.5) is 0 Å². The topological polar surface area (TPSA) is 18.5 Å². The van der Waals surface area contributed by atoms with Crippen LogP contribution in [0.1, 0.15) is 35.1 Å². The summed E-state index contributed by atoms with van der Waals surface area (Å²) in [7, 11) is 0. The first kappa shape index (κ1) is 20.7. The lowest BCUT2D eigenvalue weighted by Gasteiger charge is -2.45. The van der Waals surface area contributed by atoms with E-state index in [1.807, 2.05) is 6.07 Å². The molecular formula is C32H20Cl2O2. The van der Waals surface area contributed by atoms with Crippen LogP contribution in [-0.2, 0) is 5.41 Å². The predicted octanol–water partition coefficient (Wildman–Crippen LogP) is 9.44. The van der Waals surface area contributed by atoms with E-state index < -0.39 is 0 Å². The number of hydrogen-bond acceptors (Lipinski definition) is 2. The van der Waals surface area contributed by atoms with Gasteiger partial charge in [-0.25, -0.2) is 0 Å². The molecule has 0 bridgehead atoms. The Kier molecular flexibility index (Phi) is 3.94. The lowest BCUT2D eigenvalue weighted by Crippen LogP contribution is -2.42. The Morgan fingerprint density at radius 2 is 1.42 bits per heavy atom. The van der Waals surface area contributed by atoms with Crippen molar-refractivity contribution in [3.8, 4) is 34.1 Å². The molecule has 0 aromatic heterocycles. The zero-order valence-corrected chi connectivity index (χ0v) is 20.9. The first-order chi connectivity index (χ1) is 17.6. The largest absolute Gasteiger partial charge is 0.448 e. The molecule has 1 aliphatic heterocycles. The SMILES string of the molecule is CC12C=CC=CC1c1ccccc1C21c2ccccc2-c2c1ccc1c2Oc2c(Cl)ccc(Cl)c2O1. The van der Waals surface area contributed by atoms with Crippen LogP contribution in [0.3, 0.4) is 0 Å². The van der Waals surface area contributed by atoms with Gasteiger partial charge < -0.3 is 9.47 Å². The molecule has 174 valence electrons. The quantitative estimate of drug-likeness (QED) is 0.208. The molecule has 4 aromatic carbocycles. The summed E-state index contributed by atoms with van der Waals surface area (Å²) in [6.07, 6.45) is 9.12. The number of halogens is 2. The van der Waals surface area contributed by atoms with Crippen LogP contribution in [0.2, 0.25) is 10.0 Å². The van der Waals surface area contributed by atoms with Crippen molar-refractivity contribution in [2.24, 2.45) is 5.41 Å². The molecular weight excluding hydrogens is 487 g/mol. The fraction of sp³-hybridized carbons (Fsp3) is 0.125. The highest BCUT2D eigenvalue weighted by Crippen LogP contribution is 2.72. The molecule has 4 heteroatoms. The summed E-state index contributed by atoms with van der Waals surface area (Å²) in [6.45, 7) is 2.40. The average Bonchev–Trinajstić information content (AvgIpc) is 3.34. The molecule has 3 atom stereocenters. The van der Waals surface area contributed by atoms with E-state index in [1.54, 1.807) is 12.1 Å². The van der Waals surface area contributed by atoms with Gasteiger partial charge in [0.05, 0.1) is 15.5 Å². The van der Waals surface area contributed by atoms with Crippen LogP contribution in [0.5, 0.6) is 23.0 Å². The highest BCUT2D eigenvalue weighted by molar-refractivity contribution is 6.35. The van der Waals surface area contributed by atoms with Gasteiger partial charge in [0.25, 0.3) is 0 Å². The van der Waals surface area contributed by atoms with Crippen molar-refractivity contribution in [1.82, 2.24) is 0 Å². The van der Waals surface area contributed by atoms with Crippen molar-refractivity contribution < 1.29 is 9.47 Å². The Morgan fingerprint density at radius 3 is 2.25 bits per heavy atom. The first-order valence-electron chi connectivity index (χ1n) is 12.1. The van der Waals surface area contributed by atoms with E-state index in [-0.39, 0.29) is 16.7 Å². The minimum Gasteiger partial charge on any atom is -0.448 e. The van der Waals surface area contributed by atoms with E-state index in [0.29, 0.717) is 33.0 Å². The summed E-state index contributed by atoms with van der Waals surface area (Å²) in [5.41, 5.74) is 6.88. The minimum absolute atomic E-state index is 0.199. The normalized spacial score (nSPS) is 25.2. The molecule has 0 amide bonds. The van der Waals surface area contributed by atoms with Gasteiger partial charge >= 0.3 is 0 Å². The summed E-state index contributed by atoms with van der Waals surface area (Å²) >= 11 is 13.0. The second-order valence-electron chi connectivity index (χ2n) is 10.1. The average molecular weight is 507 g/mol. The number of ether oxygens (including phenoxy) is 2. The van der Waals surface area contributed by atoms with Gasteiger partial charge in [0.1, 0.15) is 0 Å². The van der Waals surface area contributed by atoms with Crippen LogP contribution in [-0.4, -0.2) is 0 Å². The highest BCUT2D eigenvalue weighted by atomic mass is 35.5. The second kappa shape index (κ2) is 6.85. The predicted molar refractivity (Wildman–Crippen MR) is 144 cm³/mol. The van der Waals surface area contributed by atoms with Crippen molar-refractivity contribution in [1.29, 1.82) is 0 Å². The third-order valence-electron chi connectivity index (χ3n) is 8.57. The van der Waals surface area contributed by atoms with Crippen LogP contribution in [0, 0.1) is 5.41 Å². The summed E-state index contributed by atoms with van der Waals surface area (Å²) in [5.74, 6) is 2.51. The Morgan fingerprint density at radius 1 is 0.694 bits per heavy atom. The van der Waals surface area contributed by atoms with Crippen molar-refractivity contribution in [2.45, 2.75) is 18.3 Å². The van der Waals surface area contributed by atoms with Crippen molar-refractivity contribution in [3.63, 3.8) is 0 Å². The molecule has 3 unspecified atom stereocenters. The molecule has 0 saturated carbocycles. The van der Waals surface area contributed by atoms with E-state index >= 15 is 0 Å². The smallest absolute Gasteiger partial charge is 0.190 e. The lowest BCUT2D eigenvalue weighted by molar-refractivity contribution is 0.293. The van der Waals surface area contributed by atoms with Crippen LogP contribution >= 0.6 is 23.2 Å². The Balaban J connectivity index is 1.49. The third-order valence-corrected chi connectivity index (χ3v) is 9.16. The third kappa shape index (κ3) is 2.22. The maximum absolute atomic E-state index is 6.58. The number of benzene rings is 4. The zero-order valence-electron chi connectivity index (χ0n) is 19.4. The second-order valence-corrected chi connectivity index (χ2v) is 10.9. The van der Waals surface area contributed by atoms with Crippen molar-refractivity contribution >= 4 is 23.2 Å². The van der Waals surface area contributed by atoms with E-state index in [2.05, 4.69) is 85.8 Å². The number of fused-ring (bicyclic) bond motifs is 13. The molecule has 36 heavy (non-hydrogen) atoms. The van der Waals surface area contributed by atoms with E-state index in [9.17, 15) is 0 Å². The fourth-order valence-corrected chi connectivity index (χ4v) is 7.58. The van der Waals surface area contributed by atoms with Gasteiger partial charge in [-0.1, -0.05) is 109 Å². The van der Waals surface area contributed by atoms with Gasteiger partial charge in [0, 0.05) is 16.9 Å². The van der Waals surface area contributed by atoms with Crippen LogP contribution in [0.25, 0.3) is 11.1 Å². The van der Waals surface area contributed by atoms with E-state index in [0.717, 1.165) is 11.1 Å². The maximum atomic E-state index is 6.58. The highest BCUT2D eigenvalue weighted by Gasteiger charge is 2.64. The standard InChI is InChI=1S/C32H20Cl2O2/c1-31-17-7-6-10-20(31)18-8-2-4-11-21(18)32(31)22-12-5-3-9-19(22)27-23(32)13-16-26-30(27)36-29-25(34)15-14-24(33)28(29)35-26/h2-17,20H,1H3. The molecule has 0 saturated heterocycles. The molecule has 1 heterocycles. The zero-order chi connectivity index (χ0) is 24.2. The number of hydrogen-bond donors (Lipinski definition) is 0. The molecule has 0 radical (unpaired) electrons. The molecule has 0 N–H and O–H groups in total. The monoisotopic (exact) mass is 506 g/mol. The Hall–Kier alpha value is -3.46. The fourth-order valence-electron chi connectivity index (χ4n) is 7.20. The first-order valence-corrected chi connectivity index (χ1v) is 12.9. The summed E-state index contributed by atoms with van der Waals surface area (Å²) < 4.78 is 12.9. The molecule has 0 fully saturated rings.